The van der Waals surface area contributed by atoms with Crippen LogP contribution in [0.15, 0.2) is 60.7 Å². The minimum absolute atomic E-state index is 0.0458. The number of amides is 1. The quantitative estimate of drug-likeness (QED) is 0.575. The standard InChI is InChI=1S/C27H38N4O3S/c1-35(33,34)31-20-18-30(19-21-31)22-27(32)28-25-12-15-29(16-13-25)17-14-26(23-8-4-2-5-9-23)24-10-6-3-7-11-24/h2-11,25-26H,12-22H2,1H3,(H,28,32). The van der Waals surface area contributed by atoms with Gasteiger partial charge in [0.2, 0.25) is 15.9 Å². The van der Waals surface area contributed by atoms with Crippen LogP contribution in [0.25, 0.3) is 0 Å². The predicted octanol–water partition coefficient (Wildman–Crippen LogP) is 2.37. The molecule has 8 heteroatoms. The fraction of sp³-hybridized carbons (Fsp3) is 0.519. The summed E-state index contributed by atoms with van der Waals surface area (Å²) in [5.41, 5.74) is 2.72. The fourth-order valence-electron chi connectivity index (χ4n) is 5.20. The zero-order valence-corrected chi connectivity index (χ0v) is 21.5. The average Bonchev–Trinajstić information content (AvgIpc) is 2.86. The van der Waals surface area contributed by atoms with Gasteiger partial charge in [0.25, 0.3) is 0 Å². The van der Waals surface area contributed by atoms with Crippen LogP contribution in [-0.2, 0) is 14.8 Å². The predicted molar refractivity (Wildman–Crippen MR) is 140 cm³/mol. The van der Waals surface area contributed by atoms with Crippen molar-refractivity contribution in [1.29, 1.82) is 0 Å². The van der Waals surface area contributed by atoms with Crippen LogP contribution >= 0.6 is 0 Å². The highest BCUT2D eigenvalue weighted by Gasteiger charge is 2.26. The lowest BCUT2D eigenvalue weighted by atomic mass is 9.88. The van der Waals surface area contributed by atoms with Gasteiger partial charge < -0.3 is 10.2 Å². The molecule has 2 aromatic rings. The molecule has 35 heavy (non-hydrogen) atoms. The summed E-state index contributed by atoms with van der Waals surface area (Å²) in [6.45, 7) is 5.48. The van der Waals surface area contributed by atoms with E-state index in [0.717, 1.165) is 38.9 Å². The second kappa shape index (κ2) is 12.1. The van der Waals surface area contributed by atoms with Crippen molar-refractivity contribution < 1.29 is 13.2 Å². The number of nitrogens with zero attached hydrogens (tertiary/aromatic N) is 3. The van der Waals surface area contributed by atoms with E-state index in [2.05, 4.69) is 70.9 Å². The Labute approximate surface area is 210 Å². The summed E-state index contributed by atoms with van der Waals surface area (Å²) in [5, 5.41) is 3.21. The van der Waals surface area contributed by atoms with E-state index < -0.39 is 10.0 Å². The summed E-state index contributed by atoms with van der Waals surface area (Å²) < 4.78 is 24.8. The van der Waals surface area contributed by atoms with Crippen LogP contribution in [0, 0.1) is 0 Å². The molecule has 0 aromatic heterocycles. The molecule has 1 amide bonds. The normalized spacial score (nSPS) is 19.1. The van der Waals surface area contributed by atoms with Crippen LogP contribution in [0.2, 0.25) is 0 Å². The number of sulfonamides is 1. The Morgan fingerprint density at radius 2 is 1.40 bits per heavy atom. The topological polar surface area (TPSA) is 73.0 Å². The van der Waals surface area contributed by atoms with Crippen LogP contribution in [0.1, 0.15) is 36.3 Å². The number of carbonyl (C=O) groups excluding carboxylic acids is 1. The molecular formula is C27H38N4O3S. The smallest absolute Gasteiger partial charge is 0.234 e. The van der Waals surface area contributed by atoms with Gasteiger partial charge in [-0.25, -0.2) is 8.42 Å². The van der Waals surface area contributed by atoms with Crippen LogP contribution < -0.4 is 5.32 Å². The number of piperazine rings is 1. The molecule has 190 valence electrons. The largest absolute Gasteiger partial charge is 0.352 e. The molecule has 2 aliphatic heterocycles. The summed E-state index contributed by atoms with van der Waals surface area (Å²) in [6, 6.07) is 21.7. The van der Waals surface area contributed by atoms with Crippen molar-refractivity contribution in [2.24, 2.45) is 0 Å². The van der Waals surface area contributed by atoms with Crippen molar-refractivity contribution >= 4 is 15.9 Å². The number of likely N-dealkylation sites (tertiary alicyclic amines) is 1. The van der Waals surface area contributed by atoms with E-state index in [9.17, 15) is 13.2 Å². The number of nitrogens with one attached hydrogen (secondary N) is 1. The van der Waals surface area contributed by atoms with Gasteiger partial charge in [0, 0.05) is 51.2 Å². The number of piperidine rings is 1. The van der Waals surface area contributed by atoms with Gasteiger partial charge in [-0.3, -0.25) is 9.69 Å². The van der Waals surface area contributed by atoms with Crippen LogP contribution in [-0.4, -0.2) is 93.1 Å². The first-order valence-electron chi connectivity index (χ1n) is 12.7. The second-order valence-electron chi connectivity index (χ2n) is 9.78. The number of benzene rings is 2. The second-order valence-corrected chi connectivity index (χ2v) is 11.8. The van der Waals surface area contributed by atoms with E-state index in [0.29, 0.717) is 38.6 Å². The number of carbonyl (C=O) groups is 1. The zero-order chi connectivity index (χ0) is 24.7. The van der Waals surface area contributed by atoms with Gasteiger partial charge in [0.15, 0.2) is 0 Å². The molecule has 0 radical (unpaired) electrons. The van der Waals surface area contributed by atoms with E-state index in [-0.39, 0.29) is 11.9 Å². The van der Waals surface area contributed by atoms with Gasteiger partial charge in [-0.05, 0) is 36.9 Å². The number of rotatable bonds is 9. The molecule has 0 aliphatic carbocycles. The first-order chi connectivity index (χ1) is 16.9. The maximum Gasteiger partial charge on any atom is 0.234 e. The minimum atomic E-state index is -3.15. The fourth-order valence-corrected chi connectivity index (χ4v) is 6.03. The molecule has 2 aliphatic rings. The zero-order valence-electron chi connectivity index (χ0n) is 20.7. The Balaban J connectivity index is 1.20. The molecule has 2 fully saturated rings. The van der Waals surface area contributed by atoms with E-state index in [1.54, 1.807) is 0 Å². The summed E-state index contributed by atoms with van der Waals surface area (Å²) in [6.07, 6.45) is 4.25. The molecule has 0 atom stereocenters. The maximum absolute atomic E-state index is 12.6. The third kappa shape index (κ3) is 7.61. The van der Waals surface area contributed by atoms with Crippen molar-refractivity contribution in [2.45, 2.75) is 31.2 Å². The third-order valence-electron chi connectivity index (χ3n) is 7.26. The lowest BCUT2D eigenvalue weighted by molar-refractivity contribution is -0.123. The number of hydrogen-bond donors (Lipinski definition) is 1. The molecule has 1 N–H and O–H groups in total. The highest BCUT2D eigenvalue weighted by molar-refractivity contribution is 7.88. The lowest BCUT2D eigenvalue weighted by Gasteiger charge is -2.35. The first-order valence-corrected chi connectivity index (χ1v) is 14.5. The monoisotopic (exact) mass is 498 g/mol. The highest BCUT2D eigenvalue weighted by Crippen LogP contribution is 2.28. The molecule has 0 spiro atoms. The van der Waals surface area contributed by atoms with Crippen molar-refractivity contribution in [3.63, 3.8) is 0 Å². The lowest BCUT2D eigenvalue weighted by Crippen LogP contribution is -2.52. The van der Waals surface area contributed by atoms with E-state index >= 15 is 0 Å². The van der Waals surface area contributed by atoms with Crippen molar-refractivity contribution in [1.82, 2.24) is 19.4 Å². The first kappa shape index (κ1) is 25.8. The Bertz CT molecular complexity index is 993. The molecule has 2 saturated heterocycles. The van der Waals surface area contributed by atoms with Gasteiger partial charge in [0.1, 0.15) is 0 Å². The average molecular weight is 499 g/mol. The van der Waals surface area contributed by atoms with Crippen LogP contribution in [0.3, 0.4) is 0 Å². The van der Waals surface area contributed by atoms with Gasteiger partial charge in [-0.2, -0.15) is 4.31 Å². The Kier molecular flexibility index (Phi) is 8.94. The molecule has 4 rings (SSSR count). The Morgan fingerprint density at radius 3 is 1.91 bits per heavy atom. The van der Waals surface area contributed by atoms with E-state index in [1.165, 1.54) is 21.7 Å². The number of hydrogen-bond acceptors (Lipinski definition) is 5. The Morgan fingerprint density at radius 1 is 0.857 bits per heavy atom. The van der Waals surface area contributed by atoms with Crippen molar-refractivity contribution in [3.05, 3.63) is 71.8 Å². The molecular weight excluding hydrogens is 460 g/mol. The summed E-state index contributed by atoms with van der Waals surface area (Å²) in [7, 11) is -3.15. The Hall–Kier alpha value is -2.26. The summed E-state index contributed by atoms with van der Waals surface area (Å²) in [5.74, 6) is 0.433. The maximum atomic E-state index is 12.6. The van der Waals surface area contributed by atoms with E-state index in [4.69, 9.17) is 0 Å². The van der Waals surface area contributed by atoms with Crippen molar-refractivity contribution in [2.75, 3.05) is 58.6 Å². The highest BCUT2D eigenvalue weighted by atomic mass is 32.2. The molecule has 0 saturated carbocycles. The van der Waals surface area contributed by atoms with Crippen molar-refractivity contribution in [3.8, 4) is 0 Å². The van der Waals surface area contributed by atoms with Gasteiger partial charge in [-0.1, -0.05) is 60.7 Å². The molecule has 0 bridgehead atoms. The summed E-state index contributed by atoms with van der Waals surface area (Å²) >= 11 is 0. The van der Waals surface area contributed by atoms with Gasteiger partial charge >= 0.3 is 0 Å². The van der Waals surface area contributed by atoms with Gasteiger partial charge in [0.05, 0.1) is 12.8 Å². The van der Waals surface area contributed by atoms with Gasteiger partial charge in [-0.15, -0.1) is 0 Å². The van der Waals surface area contributed by atoms with Crippen LogP contribution in [0.4, 0.5) is 0 Å². The minimum Gasteiger partial charge on any atom is -0.352 e. The molecule has 2 heterocycles. The van der Waals surface area contributed by atoms with E-state index in [1.807, 2.05) is 4.90 Å². The molecule has 0 unspecified atom stereocenters. The third-order valence-corrected chi connectivity index (χ3v) is 8.56. The molecule has 2 aromatic carbocycles. The SMILES string of the molecule is CS(=O)(=O)N1CCN(CC(=O)NC2CCN(CCC(c3ccccc3)c3ccccc3)CC2)CC1. The molecule has 7 nitrogen and oxygen atoms in total. The summed E-state index contributed by atoms with van der Waals surface area (Å²) in [4.78, 5) is 17.1. The van der Waals surface area contributed by atoms with Crippen LogP contribution in [0.5, 0.6) is 0 Å².